The quantitative estimate of drug-likeness (QED) is 0.652. The van der Waals surface area contributed by atoms with Crippen LogP contribution in [0.4, 0.5) is 5.13 Å². The van der Waals surface area contributed by atoms with E-state index < -0.39 is 0 Å². The standard InChI is InChI=1S/C21H28N4S2/c1-2-4-18(3-1)24-11-13-25(14-12-24)21-23-22-20(27-21)17-7-9-19(10-8-17)26-15-16-5-6-16/h7-10,16,18H,1-6,11-15H2. The lowest BCUT2D eigenvalue weighted by molar-refractivity contribution is 0.187. The molecule has 6 heteroatoms. The number of rotatable bonds is 6. The van der Waals surface area contributed by atoms with E-state index in [1.165, 1.54) is 67.8 Å². The molecule has 27 heavy (non-hydrogen) atoms. The highest BCUT2D eigenvalue weighted by molar-refractivity contribution is 7.99. The van der Waals surface area contributed by atoms with Crippen LogP contribution in [0.3, 0.4) is 0 Å². The van der Waals surface area contributed by atoms with Gasteiger partial charge >= 0.3 is 0 Å². The molecule has 0 unspecified atom stereocenters. The number of piperazine rings is 1. The highest BCUT2D eigenvalue weighted by Crippen LogP contribution is 2.36. The zero-order chi connectivity index (χ0) is 18.1. The van der Waals surface area contributed by atoms with Crippen molar-refractivity contribution in [3.8, 4) is 10.6 Å². The molecule has 1 saturated heterocycles. The molecule has 0 N–H and O–H groups in total. The van der Waals surface area contributed by atoms with E-state index in [-0.39, 0.29) is 0 Å². The Hall–Kier alpha value is -1.11. The van der Waals surface area contributed by atoms with Gasteiger partial charge in [0.15, 0.2) is 0 Å². The van der Waals surface area contributed by atoms with Crippen LogP contribution in [0.1, 0.15) is 38.5 Å². The van der Waals surface area contributed by atoms with Gasteiger partial charge in [-0.25, -0.2) is 0 Å². The van der Waals surface area contributed by atoms with Crippen molar-refractivity contribution < 1.29 is 0 Å². The van der Waals surface area contributed by atoms with Gasteiger partial charge in [0.25, 0.3) is 0 Å². The fraction of sp³-hybridized carbons (Fsp3) is 0.619. The maximum atomic E-state index is 4.50. The molecule has 144 valence electrons. The molecule has 4 nitrogen and oxygen atoms in total. The summed E-state index contributed by atoms with van der Waals surface area (Å²) in [6, 6.07) is 9.73. The van der Waals surface area contributed by atoms with Crippen LogP contribution in [0.15, 0.2) is 29.2 Å². The molecule has 0 radical (unpaired) electrons. The van der Waals surface area contributed by atoms with Gasteiger partial charge in [0, 0.05) is 48.4 Å². The van der Waals surface area contributed by atoms with Crippen LogP contribution < -0.4 is 4.90 Å². The number of aromatic nitrogens is 2. The van der Waals surface area contributed by atoms with E-state index in [0.29, 0.717) is 0 Å². The lowest BCUT2D eigenvalue weighted by atomic mass is 10.2. The Morgan fingerprint density at radius 2 is 1.67 bits per heavy atom. The van der Waals surface area contributed by atoms with Crippen LogP contribution >= 0.6 is 23.1 Å². The Labute approximate surface area is 170 Å². The van der Waals surface area contributed by atoms with Crippen molar-refractivity contribution >= 4 is 28.2 Å². The van der Waals surface area contributed by atoms with Gasteiger partial charge in [-0.05, 0) is 43.7 Å². The van der Waals surface area contributed by atoms with Gasteiger partial charge in [0.05, 0.1) is 0 Å². The van der Waals surface area contributed by atoms with E-state index in [1.54, 1.807) is 11.3 Å². The average Bonchev–Trinajstić information content (AvgIpc) is 3.19. The van der Waals surface area contributed by atoms with E-state index in [0.717, 1.165) is 35.2 Å². The summed E-state index contributed by atoms with van der Waals surface area (Å²) in [7, 11) is 0. The summed E-state index contributed by atoms with van der Waals surface area (Å²) in [4.78, 5) is 6.49. The van der Waals surface area contributed by atoms with Crippen molar-refractivity contribution in [2.45, 2.75) is 49.5 Å². The number of anilines is 1. The molecule has 1 aromatic heterocycles. The fourth-order valence-corrected chi connectivity index (χ4v) is 6.19. The molecule has 0 bridgehead atoms. The Morgan fingerprint density at radius 3 is 2.37 bits per heavy atom. The van der Waals surface area contributed by atoms with Gasteiger partial charge in [-0.1, -0.05) is 36.3 Å². The zero-order valence-electron chi connectivity index (χ0n) is 15.8. The van der Waals surface area contributed by atoms with Crippen molar-refractivity contribution in [2.75, 3.05) is 36.8 Å². The normalized spacial score (nSPS) is 21.9. The molecular weight excluding hydrogens is 372 g/mol. The minimum Gasteiger partial charge on any atom is -0.344 e. The Morgan fingerprint density at radius 1 is 0.926 bits per heavy atom. The predicted octanol–water partition coefficient (Wildman–Crippen LogP) is 4.77. The Balaban J connectivity index is 1.18. The zero-order valence-corrected chi connectivity index (χ0v) is 17.5. The van der Waals surface area contributed by atoms with Gasteiger partial charge in [-0.15, -0.1) is 22.0 Å². The van der Waals surface area contributed by atoms with E-state index >= 15 is 0 Å². The van der Waals surface area contributed by atoms with Crippen LogP contribution in [-0.2, 0) is 0 Å². The molecule has 1 aliphatic heterocycles. The van der Waals surface area contributed by atoms with Crippen LogP contribution in [0.5, 0.6) is 0 Å². The summed E-state index contributed by atoms with van der Waals surface area (Å²) >= 11 is 3.73. The van der Waals surface area contributed by atoms with Crippen molar-refractivity contribution in [3.05, 3.63) is 24.3 Å². The number of thioether (sulfide) groups is 1. The maximum absolute atomic E-state index is 4.50. The van der Waals surface area contributed by atoms with Crippen LogP contribution in [0.25, 0.3) is 10.6 Å². The van der Waals surface area contributed by atoms with E-state index in [9.17, 15) is 0 Å². The summed E-state index contributed by atoms with van der Waals surface area (Å²) < 4.78 is 0. The molecule has 0 spiro atoms. The van der Waals surface area contributed by atoms with Crippen molar-refractivity contribution in [1.82, 2.24) is 15.1 Å². The SMILES string of the molecule is c1cc(-c2nnc(N3CCN(C4CCCC4)CC3)s2)ccc1SCC1CC1. The maximum Gasteiger partial charge on any atom is 0.208 e. The summed E-state index contributed by atoms with van der Waals surface area (Å²) in [5.41, 5.74) is 1.19. The molecule has 5 rings (SSSR count). The first kappa shape index (κ1) is 18.0. The largest absolute Gasteiger partial charge is 0.344 e. The molecule has 0 amide bonds. The number of hydrogen-bond acceptors (Lipinski definition) is 6. The van der Waals surface area contributed by atoms with Crippen LogP contribution in [0.2, 0.25) is 0 Å². The first-order valence-corrected chi connectivity index (χ1v) is 12.2. The molecule has 1 aromatic carbocycles. The van der Waals surface area contributed by atoms with Gasteiger partial charge < -0.3 is 4.90 Å². The molecule has 2 aliphatic carbocycles. The van der Waals surface area contributed by atoms with E-state index in [2.05, 4.69) is 44.3 Å². The lowest BCUT2D eigenvalue weighted by Gasteiger charge is -2.37. The topological polar surface area (TPSA) is 32.3 Å². The number of hydrogen-bond donors (Lipinski definition) is 0. The molecular formula is C21H28N4S2. The second-order valence-corrected chi connectivity index (χ2v) is 10.2. The second-order valence-electron chi connectivity index (χ2n) is 8.13. The smallest absolute Gasteiger partial charge is 0.208 e. The Kier molecular flexibility index (Phi) is 5.38. The van der Waals surface area contributed by atoms with Gasteiger partial charge in [-0.3, -0.25) is 4.90 Å². The fourth-order valence-electron chi connectivity index (χ4n) is 4.20. The van der Waals surface area contributed by atoms with E-state index in [4.69, 9.17) is 0 Å². The molecule has 0 atom stereocenters. The monoisotopic (exact) mass is 400 g/mol. The molecule has 3 aliphatic rings. The lowest BCUT2D eigenvalue weighted by Crippen LogP contribution is -2.49. The van der Waals surface area contributed by atoms with E-state index in [1.807, 2.05) is 11.8 Å². The van der Waals surface area contributed by atoms with Crippen molar-refractivity contribution in [1.29, 1.82) is 0 Å². The highest BCUT2D eigenvalue weighted by atomic mass is 32.2. The summed E-state index contributed by atoms with van der Waals surface area (Å²) in [6.07, 6.45) is 8.49. The Bertz CT molecular complexity index is 742. The first-order valence-electron chi connectivity index (χ1n) is 10.4. The van der Waals surface area contributed by atoms with Crippen molar-refractivity contribution in [2.24, 2.45) is 5.92 Å². The molecule has 3 fully saturated rings. The van der Waals surface area contributed by atoms with Crippen LogP contribution in [-0.4, -0.2) is 53.1 Å². The summed E-state index contributed by atoms with van der Waals surface area (Å²) in [6.45, 7) is 4.52. The van der Waals surface area contributed by atoms with Gasteiger partial charge in [0.1, 0.15) is 5.01 Å². The molecule has 2 saturated carbocycles. The average molecular weight is 401 g/mol. The van der Waals surface area contributed by atoms with Gasteiger partial charge in [0.2, 0.25) is 5.13 Å². The third-order valence-electron chi connectivity index (χ3n) is 6.12. The highest BCUT2D eigenvalue weighted by Gasteiger charge is 2.27. The predicted molar refractivity (Wildman–Crippen MR) is 115 cm³/mol. The van der Waals surface area contributed by atoms with Gasteiger partial charge in [-0.2, -0.15) is 0 Å². The van der Waals surface area contributed by atoms with Crippen LogP contribution in [0, 0.1) is 5.92 Å². The second kappa shape index (κ2) is 8.10. The number of benzene rings is 1. The third kappa shape index (κ3) is 4.33. The summed E-state index contributed by atoms with van der Waals surface area (Å²) in [5.74, 6) is 2.24. The first-order chi connectivity index (χ1) is 13.3. The number of nitrogens with zero attached hydrogens (tertiary/aromatic N) is 4. The van der Waals surface area contributed by atoms with Crippen molar-refractivity contribution in [3.63, 3.8) is 0 Å². The molecule has 2 aromatic rings. The minimum absolute atomic E-state index is 0.841. The minimum atomic E-state index is 0.841. The summed E-state index contributed by atoms with van der Waals surface area (Å²) in [5, 5.41) is 11.1. The molecule has 2 heterocycles. The third-order valence-corrected chi connectivity index (χ3v) is 8.40.